The van der Waals surface area contributed by atoms with Gasteiger partial charge in [0.1, 0.15) is 6.61 Å². The van der Waals surface area contributed by atoms with E-state index in [0.717, 1.165) is 12.8 Å². The lowest BCUT2D eigenvalue weighted by molar-refractivity contribution is -0.143. The van der Waals surface area contributed by atoms with Gasteiger partial charge in [-0.1, -0.05) is 55.0 Å². The van der Waals surface area contributed by atoms with Gasteiger partial charge in [0.15, 0.2) is 0 Å². The van der Waals surface area contributed by atoms with Crippen molar-refractivity contribution in [3.05, 3.63) is 59.7 Å². The largest absolute Gasteiger partial charge is 0.481 e. The number of nitrogens with one attached hydrogen (secondary N) is 2. The molecule has 3 N–H and O–H groups in total. The molecule has 2 aliphatic carbocycles. The Morgan fingerprint density at radius 2 is 1.69 bits per heavy atom. The molecule has 35 heavy (non-hydrogen) atoms. The molecule has 0 radical (unpaired) electrons. The highest BCUT2D eigenvalue weighted by molar-refractivity contribution is 5.79. The summed E-state index contributed by atoms with van der Waals surface area (Å²) in [6.45, 7) is 2.59. The molecular formula is C28H34N2O5. The SMILES string of the molecule is CC(CCCC(=O)NC[C@H]1CCC[C@H]1C(=O)O)NC(=O)OCC1c2ccccc2-c2ccccc21. The minimum absolute atomic E-state index is 0.0191. The van der Waals surface area contributed by atoms with E-state index in [9.17, 15) is 19.5 Å². The first-order chi connectivity index (χ1) is 16.9. The van der Waals surface area contributed by atoms with Crippen LogP contribution in [-0.2, 0) is 14.3 Å². The molecule has 7 nitrogen and oxygen atoms in total. The smallest absolute Gasteiger partial charge is 0.407 e. The molecule has 2 aromatic carbocycles. The number of carbonyl (C=O) groups is 3. The first kappa shape index (κ1) is 24.8. The van der Waals surface area contributed by atoms with Crippen LogP contribution < -0.4 is 10.6 Å². The second kappa shape index (κ2) is 11.4. The Morgan fingerprint density at radius 1 is 1.03 bits per heavy atom. The number of aliphatic carboxylic acids is 1. The molecule has 2 amide bonds. The minimum Gasteiger partial charge on any atom is -0.481 e. The minimum atomic E-state index is -0.769. The lowest BCUT2D eigenvalue weighted by atomic mass is 9.96. The summed E-state index contributed by atoms with van der Waals surface area (Å²) in [5.41, 5.74) is 4.73. The molecule has 0 bridgehead atoms. The molecule has 0 heterocycles. The monoisotopic (exact) mass is 478 g/mol. The molecule has 7 heteroatoms. The maximum Gasteiger partial charge on any atom is 0.407 e. The van der Waals surface area contributed by atoms with E-state index in [2.05, 4.69) is 34.9 Å². The predicted molar refractivity (Wildman–Crippen MR) is 133 cm³/mol. The van der Waals surface area contributed by atoms with Gasteiger partial charge in [-0.05, 0) is 60.8 Å². The number of rotatable bonds is 10. The number of carbonyl (C=O) groups excluding carboxylic acids is 2. The lowest BCUT2D eigenvalue weighted by Gasteiger charge is -2.18. The highest BCUT2D eigenvalue weighted by Gasteiger charge is 2.33. The molecule has 2 aliphatic rings. The van der Waals surface area contributed by atoms with Crippen LogP contribution in [0.2, 0.25) is 0 Å². The van der Waals surface area contributed by atoms with Crippen LogP contribution in [0.4, 0.5) is 4.79 Å². The zero-order valence-corrected chi connectivity index (χ0v) is 20.2. The second-order valence-corrected chi connectivity index (χ2v) is 9.70. The molecule has 1 fully saturated rings. The van der Waals surface area contributed by atoms with Gasteiger partial charge in [-0.15, -0.1) is 0 Å². The van der Waals surface area contributed by atoms with Crippen molar-refractivity contribution in [2.45, 2.75) is 57.4 Å². The zero-order valence-electron chi connectivity index (χ0n) is 20.2. The van der Waals surface area contributed by atoms with Gasteiger partial charge in [-0.2, -0.15) is 0 Å². The van der Waals surface area contributed by atoms with Gasteiger partial charge in [0, 0.05) is 24.9 Å². The van der Waals surface area contributed by atoms with Gasteiger partial charge in [0.25, 0.3) is 0 Å². The van der Waals surface area contributed by atoms with E-state index in [-0.39, 0.29) is 36.3 Å². The molecule has 0 saturated heterocycles. The van der Waals surface area contributed by atoms with Crippen LogP contribution in [-0.4, -0.2) is 42.3 Å². The van der Waals surface area contributed by atoms with E-state index >= 15 is 0 Å². The molecule has 1 unspecified atom stereocenters. The van der Waals surface area contributed by atoms with Crippen LogP contribution in [0.25, 0.3) is 11.1 Å². The summed E-state index contributed by atoms with van der Waals surface area (Å²) in [5.74, 6) is -1.15. The van der Waals surface area contributed by atoms with Crippen LogP contribution in [0.3, 0.4) is 0 Å². The van der Waals surface area contributed by atoms with E-state index in [1.165, 1.54) is 22.3 Å². The van der Waals surface area contributed by atoms with Crippen molar-refractivity contribution in [1.29, 1.82) is 0 Å². The molecule has 0 aliphatic heterocycles. The summed E-state index contributed by atoms with van der Waals surface area (Å²) < 4.78 is 5.59. The van der Waals surface area contributed by atoms with Crippen molar-refractivity contribution < 1.29 is 24.2 Å². The molecule has 1 saturated carbocycles. The number of amides is 2. The van der Waals surface area contributed by atoms with Crippen molar-refractivity contribution >= 4 is 18.0 Å². The number of alkyl carbamates (subject to hydrolysis) is 1. The van der Waals surface area contributed by atoms with Crippen LogP contribution in [0, 0.1) is 11.8 Å². The Kier molecular flexibility index (Phi) is 8.06. The third-order valence-corrected chi connectivity index (χ3v) is 7.29. The van der Waals surface area contributed by atoms with E-state index in [1.807, 2.05) is 31.2 Å². The normalized spacial score (nSPS) is 19.5. The summed E-state index contributed by atoms with van der Waals surface area (Å²) in [6.07, 6.45) is 3.61. The van der Waals surface area contributed by atoms with Crippen molar-refractivity contribution in [3.63, 3.8) is 0 Å². The van der Waals surface area contributed by atoms with Crippen molar-refractivity contribution in [3.8, 4) is 11.1 Å². The van der Waals surface area contributed by atoms with Crippen molar-refractivity contribution in [2.24, 2.45) is 11.8 Å². The van der Waals surface area contributed by atoms with Gasteiger partial charge in [-0.25, -0.2) is 4.79 Å². The number of carboxylic acids is 1. The lowest BCUT2D eigenvalue weighted by Crippen LogP contribution is -2.35. The highest BCUT2D eigenvalue weighted by atomic mass is 16.5. The van der Waals surface area contributed by atoms with Crippen molar-refractivity contribution in [1.82, 2.24) is 10.6 Å². The maximum atomic E-state index is 12.4. The van der Waals surface area contributed by atoms with Crippen LogP contribution in [0.5, 0.6) is 0 Å². The number of fused-ring (bicyclic) bond motifs is 3. The zero-order chi connectivity index (χ0) is 24.8. The number of hydrogen-bond donors (Lipinski definition) is 3. The third kappa shape index (κ3) is 6.02. The summed E-state index contributed by atoms with van der Waals surface area (Å²) in [6, 6.07) is 16.3. The van der Waals surface area contributed by atoms with E-state index in [4.69, 9.17) is 4.74 Å². The van der Waals surface area contributed by atoms with Gasteiger partial charge >= 0.3 is 12.1 Å². The predicted octanol–water partition coefficient (Wildman–Crippen LogP) is 4.70. The molecule has 0 spiro atoms. The Balaban J connectivity index is 1.16. The summed E-state index contributed by atoms with van der Waals surface area (Å²) in [7, 11) is 0. The Bertz CT molecular complexity index is 1020. The molecule has 186 valence electrons. The van der Waals surface area contributed by atoms with E-state index in [1.54, 1.807) is 0 Å². The third-order valence-electron chi connectivity index (χ3n) is 7.29. The van der Waals surface area contributed by atoms with Crippen LogP contribution >= 0.6 is 0 Å². The standard InChI is InChI=1S/C28H34N2O5/c1-18(8-6-15-26(31)29-16-19-9-7-14-20(19)27(32)33)30-28(34)35-17-25-23-12-4-2-10-21(23)22-11-3-5-13-24(22)25/h2-5,10-13,18-20,25H,6-9,14-17H2,1H3,(H,29,31)(H,30,34)(H,32,33)/t18?,19-,20-/m1/s1. The van der Waals surface area contributed by atoms with Crippen LogP contribution in [0.15, 0.2) is 48.5 Å². The fraction of sp³-hybridized carbons (Fsp3) is 0.464. The topological polar surface area (TPSA) is 105 Å². The average molecular weight is 479 g/mol. The number of carboxylic acid groups (broad SMARTS) is 1. The molecule has 4 rings (SSSR count). The Morgan fingerprint density at radius 3 is 2.34 bits per heavy atom. The fourth-order valence-electron chi connectivity index (χ4n) is 5.42. The second-order valence-electron chi connectivity index (χ2n) is 9.70. The molecular weight excluding hydrogens is 444 g/mol. The van der Waals surface area contributed by atoms with Gasteiger partial charge in [0.2, 0.25) is 5.91 Å². The van der Waals surface area contributed by atoms with Crippen LogP contribution in [0.1, 0.15) is 62.5 Å². The van der Waals surface area contributed by atoms with Gasteiger partial charge in [-0.3, -0.25) is 9.59 Å². The maximum absolute atomic E-state index is 12.4. The Labute approximate surface area is 206 Å². The molecule has 0 aromatic heterocycles. The van der Waals surface area contributed by atoms with E-state index < -0.39 is 12.1 Å². The highest BCUT2D eigenvalue weighted by Crippen LogP contribution is 2.44. The van der Waals surface area contributed by atoms with E-state index in [0.29, 0.717) is 32.2 Å². The van der Waals surface area contributed by atoms with Gasteiger partial charge < -0.3 is 20.5 Å². The number of hydrogen-bond acceptors (Lipinski definition) is 4. The summed E-state index contributed by atoms with van der Waals surface area (Å²) in [4.78, 5) is 35.8. The fourth-order valence-corrected chi connectivity index (χ4v) is 5.42. The summed E-state index contributed by atoms with van der Waals surface area (Å²) in [5, 5.41) is 15.0. The number of ether oxygens (including phenoxy) is 1. The number of benzene rings is 2. The quantitative estimate of drug-likeness (QED) is 0.459. The average Bonchev–Trinajstić information content (AvgIpc) is 3.44. The molecule has 2 aromatic rings. The van der Waals surface area contributed by atoms with Gasteiger partial charge in [0.05, 0.1) is 5.92 Å². The van der Waals surface area contributed by atoms with Crippen molar-refractivity contribution in [2.75, 3.05) is 13.2 Å². The molecule has 3 atom stereocenters. The first-order valence-corrected chi connectivity index (χ1v) is 12.5. The summed E-state index contributed by atoms with van der Waals surface area (Å²) >= 11 is 0. The Hall–Kier alpha value is -3.35. The first-order valence-electron chi connectivity index (χ1n) is 12.5.